The van der Waals surface area contributed by atoms with Crippen LogP contribution in [0.4, 0.5) is 0 Å². The molecule has 4 fully saturated rings. The summed E-state index contributed by atoms with van der Waals surface area (Å²) < 4.78 is 0. The number of thiophene rings is 1. The van der Waals surface area contributed by atoms with Crippen molar-refractivity contribution in [3.63, 3.8) is 0 Å². The first-order chi connectivity index (χ1) is 10.2. The largest absolute Gasteiger partial charge is 0.309 e. The fourth-order valence-corrected chi connectivity index (χ4v) is 6.91. The first-order valence-electron chi connectivity index (χ1n) is 8.97. The van der Waals surface area contributed by atoms with Crippen LogP contribution in [0.2, 0.25) is 0 Å². The van der Waals surface area contributed by atoms with Crippen molar-refractivity contribution in [3.8, 4) is 0 Å². The first-order valence-corrected chi connectivity index (χ1v) is 9.85. The van der Waals surface area contributed by atoms with Gasteiger partial charge in [0.2, 0.25) is 0 Å². The highest BCUT2D eigenvalue weighted by Crippen LogP contribution is 2.64. The molecule has 1 aromatic rings. The number of rotatable bonds is 5. The second-order valence-corrected chi connectivity index (χ2v) is 9.22. The summed E-state index contributed by atoms with van der Waals surface area (Å²) in [6.07, 6.45) is 10.4. The highest BCUT2D eigenvalue weighted by atomic mass is 32.1. The van der Waals surface area contributed by atoms with Crippen molar-refractivity contribution >= 4 is 11.3 Å². The van der Waals surface area contributed by atoms with Gasteiger partial charge in [-0.25, -0.2) is 0 Å². The lowest BCUT2D eigenvalue weighted by atomic mass is 9.47. The third kappa shape index (κ3) is 2.39. The maximum atomic E-state index is 3.98. The van der Waals surface area contributed by atoms with Gasteiger partial charge in [-0.2, -0.15) is 0 Å². The molecule has 4 bridgehead atoms. The van der Waals surface area contributed by atoms with Gasteiger partial charge in [-0.15, -0.1) is 11.3 Å². The normalized spacial score (nSPS) is 38.9. The van der Waals surface area contributed by atoms with Gasteiger partial charge in [0.15, 0.2) is 0 Å². The van der Waals surface area contributed by atoms with Gasteiger partial charge in [0.1, 0.15) is 0 Å². The Kier molecular flexibility index (Phi) is 3.66. The van der Waals surface area contributed by atoms with Crippen molar-refractivity contribution < 1.29 is 0 Å². The van der Waals surface area contributed by atoms with Crippen molar-refractivity contribution in [3.05, 3.63) is 21.9 Å². The number of hydrogen-bond donors (Lipinski definition) is 1. The highest BCUT2D eigenvalue weighted by Gasteiger charge is 2.54. The molecule has 1 N–H and O–H groups in total. The van der Waals surface area contributed by atoms with E-state index in [0.717, 1.165) is 17.8 Å². The topological polar surface area (TPSA) is 12.0 Å². The van der Waals surface area contributed by atoms with E-state index < -0.39 is 0 Å². The van der Waals surface area contributed by atoms with Gasteiger partial charge in [0.05, 0.1) is 0 Å². The standard InChI is InChI=1S/C19H29NS/c1-3-5-20-18(17-4-6-21-13(17)2)19-10-14-7-15(11-19)9-16(8-14)12-19/h4,6,14-16,18,20H,3,5,7-12H2,1-2H3. The minimum Gasteiger partial charge on any atom is -0.309 e. The fraction of sp³-hybridized carbons (Fsp3) is 0.789. The Bertz CT molecular complexity index is 468. The van der Waals surface area contributed by atoms with E-state index in [2.05, 4.69) is 30.6 Å². The summed E-state index contributed by atoms with van der Waals surface area (Å²) in [4.78, 5) is 1.54. The van der Waals surface area contributed by atoms with Gasteiger partial charge in [0.25, 0.3) is 0 Å². The van der Waals surface area contributed by atoms with Gasteiger partial charge >= 0.3 is 0 Å². The summed E-state index contributed by atoms with van der Waals surface area (Å²) in [5.41, 5.74) is 2.20. The van der Waals surface area contributed by atoms with E-state index in [1.807, 2.05) is 11.3 Å². The van der Waals surface area contributed by atoms with E-state index in [1.165, 1.54) is 32.2 Å². The summed E-state index contributed by atoms with van der Waals surface area (Å²) in [6, 6.07) is 3.03. The molecule has 4 saturated carbocycles. The summed E-state index contributed by atoms with van der Waals surface area (Å²) in [6.45, 7) is 5.78. The monoisotopic (exact) mass is 303 g/mol. The Morgan fingerprint density at radius 2 is 1.81 bits per heavy atom. The lowest BCUT2D eigenvalue weighted by Crippen LogP contribution is -2.52. The molecule has 0 aliphatic heterocycles. The second kappa shape index (κ2) is 5.38. The molecular formula is C19H29NS. The molecule has 1 heterocycles. The van der Waals surface area contributed by atoms with Gasteiger partial charge in [-0.1, -0.05) is 6.92 Å². The molecule has 2 heteroatoms. The van der Waals surface area contributed by atoms with E-state index in [0.29, 0.717) is 11.5 Å². The average molecular weight is 304 g/mol. The van der Waals surface area contributed by atoms with Crippen LogP contribution in [-0.2, 0) is 0 Å². The molecule has 1 nitrogen and oxygen atoms in total. The van der Waals surface area contributed by atoms with Crippen molar-refractivity contribution in [2.75, 3.05) is 6.54 Å². The number of aryl methyl sites for hydroxylation is 1. The van der Waals surface area contributed by atoms with Crippen LogP contribution in [-0.4, -0.2) is 6.54 Å². The Morgan fingerprint density at radius 1 is 1.19 bits per heavy atom. The molecule has 0 amide bonds. The molecule has 1 unspecified atom stereocenters. The minimum absolute atomic E-state index is 0.579. The van der Waals surface area contributed by atoms with Gasteiger partial charge in [0, 0.05) is 10.9 Å². The fourth-order valence-electron chi connectivity index (χ4n) is 6.17. The van der Waals surface area contributed by atoms with Gasteiger partial charge in [-0.3, -0.25) is 0 Å². The molecule has 1 atom stereocenters. The molecule has 4 aliphatic carbocycles. The van der Waals surface area contributed by atoms with Crippen molar-refractivity contribution in [2.45, 2.75) is 64.8 Å². The van der Waals surface area contributed by atoms with Crippen molar-refractivity contribution in [1.82, 2.24) is 5.32 Å². The van der Waals surface area contributed by atoms with Crippen LogP contribution in [0.15, 0.2) is 11.4 Å². The smallest absolute Gasteiger partial charge is 0.0388 e. The van der Waals surface area contributed by atoms with E-state index in [4.69, 9.17) is 0 Å². The zero-order chi connectivity index (χ0) is 14.4. The molecule has 116 valence electrons. The molecule has 4 aliphatic rings. The highest BCUT2D eigenvalue weighted by molar-refractivity contribution is 7.10. The number of hydrogen-bond acceptors (Lipinski definition) is 2. The summed E-state index contributed by atoms with van der Waals surface area (Å²) in [5.74, 6) is 3.13. The lowest BCUT2D eigenvalue weighted by Gasteiger charge is -2.59. The van der Waals surface area contributed by atoms with Crippen LogP contribution in [0.25, 0.3) is 0 Å². The Morgan fingerprint density at radius 3 is 2.29 bits per heavy atom. The van der Waals surface area contributed by atoms with Crippen LogP contribution in [0, 0.1) is 30.1 Å². The number of nitrogens with one attached hydrogen (secondary N) is 1. The summed E-state index contributed by atoms with van der Waals surface area (Å²) in [7, 11) is 0. The predicted octanol–water partition coefficient (Wildman–Crippen LogP) is 5.31. The van der Waals surface area contributed by atoms with Crippen molar-refractivity contribution in [2.24, 2.45) is 23.2 Å². The van der Waals surface area contributed by atoms with Crippen molar-refractivity contribution in [1.29, 1.82) is 0 Å². The second-order valence-electron chi connectivity index (χ2n) is 8.10. The molecule has 0 radical (unpaired) electrons. The molecule has 0 saturated heterocycles. The molecule has 21 heavy (non-hydrogen) atoms. The minimum atomic E-state index is 0.579. The lowest BCUT2D eigenvalue weighted by molar-refractivity contribution is -0.0748. The quantitative estimate of drug-likeness (QED) is 0.777. The summed E-state index contributed by atoms with van der Waals surface area (Å²) in [5, 5.41) is 6.27. The van der Waals surface area contributed by atoms with Gasteiger partial charge in [-0.05, 0) is 98.6 Å². The molecule has 0 aromatic carbocycles. The van der Waals surface area contributed by atoms with E-state index in [9.17, 15) is 0 Å². The zero-order valence-electron chi connectivity index (χ0n) is 13.5. The molecule has 1 aromatic heterocycles. The van der Waals surface area contributed by atoms with E-state index >= 15 is 0 Å². The van der Waals surface area contributed by atoms with E-state index in [1.54, 1.807) is 29.7 Å². The molecule has 5 rings (SSSR count). The summed E-state index contributed by atoms with van der Waals surface area (Å²) >= 11 is 1.93. The van der Waals surface area contributed by atoms with Crippen LogP contribution < -0.4 is 5.32 Å². The van der Waals surface area contributed by atoms with Crippen LogP contribution in [0.5, 0.6) is 0 Å². The first kappa shape index (κ1) is 14.3. The predicted molar refractivity (Wildman–Crippen MR) is 90.7 cm³/mol. The average Bonchev–Trinajstić information content (AvgIpc) is 2.84. The van der Waals surface area contributed by atoms with Gasteiger partial charge < -0.3 is 5.32 Å². The molecule has 0 spiro atoms. The Labute approximate surface area is 133 Å². The zero-order valence-corrected chi connectivity index (χ0v) is 14.3. The Hall–Kier alpha value is -0.340. The van der Waals surface area contributed by atoms with E-state index in [-0.39, 0.29) is 0 Å². The Balaban J connectivity index is 1.68. The molecular weight excluding hydrogens is 274 g/mol. The maximum Gasteiger partial charge on any atom is 0.0388 e. The maximum absolute atomic E-state index is 3.98. The van der Waals surface area contributed by atoms with Crippen LogP contribution in [0.1, 0.15) is 68.4 Å². The third-order valence-corrected chi connectivity index (χ3v) is 7.37. The SMILES string of the molecule is CCCNC(c1ccsc1C)C12CC3CC(CC(C3)C1)C2. The van der Waals surface area contributed by atoms with Crippen LogP contribution in [0.3, 0.4) is 0 Å². The third-order valence-electron chi connectivity index (χ3n) is 6.51. The van der Waals surface area contributed by atoms with Crippen LogP contribution >= 0.6 is 11.3 Å².